The molecule has 1 saturated heterocycles. The zero-order valence-electron chi connectivity index (χ0n) is 14.3. The highest BCUT2D eigenvalue weighted by Gasteiger charge is 2.34. The first kappa shape index (κ1) is 16.3. The number of aromatic nitrogens is 2. The molecule has 0 spiro atoms. The number of ether oxygens (including phenoxy) is 1. The molecule has 2 aromatic rings. The molecule has 1 amide bonds. The van der Waals surface area contributed by atoms with Gasteiger partial charge in [0, 0.05) is 31.5 Å². The van der Waals surface area contributed by atoms with E-state index in [2.05, 4.69) is 15.3 Å². The SMILES string of the molecule is O=C(NC1CC1)[C@H](c1ccccc1)N1CCO[C@H](Cn2cccn2)C1. The Kier molecular flexibility index (Phi) is 4.81. The minimum absolute atomic E-state index is 0.0357. The van der Waals surface area contributed by atoms with Gasteiger partial charge in [-0.05, 0) is 24.5 Å². The summed E-state index contributed by atoms with van der Waals surface area (Å²) in [6, 6.07) is 12.1. The largest absolute Gasteiger partial charge is 0.374 e. The second kappa shape index (κ2) is 7.37. The molecule has 1 N–H and O–H groups in total. The first-order valence-electron chi connectivity index (χ1n) is 8.98. The lowest BCUT2D eigenvalue weighted by molar-refractivity contribution is -0.130. The van der Waals surface area contributed by atoms with Gasteiger partial charge in [0.15, 0.2) is 0 Å². The second-order valence-corrected chi connectivity index (χ2v) is 6.81. The topological polar surface area (TPSA) is 59.4 Å². The smallest absolute Gasteiger partial charge is 0.242 e. The van der Waals surface area contributed by atoms with Gasteiger partial charge in [0.25, 0.3) is 0 Å². The number of hydrogen-bond acceptors (Lipinski definition) is 4. The zero-order valence-corrected chi connectivity index (χ0v) is 14.3. The van der Waals surface area contributed by atoms with Gasteiger partial charge in [-0.2, -0.15) is 5.10 Å². The lowest BCUT2D eigenvalue weighted by atomic mass is 10.0. The fourth-order valence-electron chi connectivity index (χ4n) is 3.38. The lowest BCUT2D eigenvalue weighted by Crippen LogP contribution is -2.50. The Hall–Kier alpha value is -2.18. The van der Waals surface area contributed by atoms with E-state index in [1.54, 1.807) is 6.20 Å². The van der Waals surface area contributed by atoms with Crippen LogP contribution in [-0.4, -0.2) is 52.4 Å². The average molecular weight is 340 g/mol. The van der Waals surface area contributed by atoms with Crippen molar-refractivity contribution in [2.24, 2.45) is 0 Å². The van der Waals surface area contributed by atoms with Gasteiger partial charge in [-0.25, -0.2) is 0 Å². The maximum atomic E-state index is 12.9. The third kappa shape index (κ3) is 4.08. The molecule has 25 heavy (non-hydrogen) atoms. The molecule has 1 saturated carbocycles. The molecule has 4 rings (SSSR count). The Morgan fingerprint density at radius 3 is 2.84 bits per heavy atom. The van der Waals surface area contributed by atoms with E-state index in [4.69, 9.17) is 4.74 Å². The molecule has 1 aromatic carbocycles. The number of carbonyl (C=O) groups is 1. The second-order valence-electron chi connectivity index (χ2n) is 6.81. The molecule has 0 bridgehead atoms. The number of nitrogens with one attached hydrogen (secondary N) is 1. The molecule has 2 aliphatic rings. The Labute approximate surface area is 147 Å². The number of benzene rings is 1. The summed E-state index contributed by atoms with van der Waals surface area (Å²) in [6.07, 6.45) is 5.94. The number of amides is 1. The minimum atomic E-state index is -0.258. The molecule has 6 nitrogen and oxygen atoms in total. The Morgan fingerprint density at radius 2 is 2.12 bits per heavy atom. The molecule has 1 aliphatic heterocycles. The summed E-state index contributed by atoms with van der Waals surface area (Å²) in [6.45, 7) is 2.81. The number of nitrogens with zero attached hydrogens (tertiary/aromatic N) is 3. The van der Waals surface area contributed by atoms with Crippen molar-refractivity contribution in [3.8, 4) is 0 Å². The van der Waals surface area contributed by atoms with Gasteiger partial charge in [-0.1, -0.05) is 30.3 Å². The summed E-state index contributed by atoms with van der Waals surface area (Å²) in [5, 5.41) is 7.43. The van der Waals surface area contributed by atoms with E-state index in [1.807, 2.05) is 47.3 Å². The summed E-state index contributed by atoms with van der Waals surface area (Å²) >= 11 is 0. The van der Waals surface area contributed by atoms with Gasteiger partial charge in [-0.3, -0.25) is 14.4 Å². The van der Waals surface area contributed by atoms with E-state index in [9.17, 15) is 4.79 Å². The van der Waals surface area contributed by atoms with Gasteiger partial charge in [0.2, 0.25) is 5.91 Å². The normalized spacial score (nSPS) is 22.5. The molecular weight excluding hydrogens is 316 g/mol. The molecular formula is C19H24N4O2. The highest BCUT2D eigenvalue weighted by molar-refractivity contribution is 5.83. The van der Waals surface area contributed by atoms with Gasteiger partial charge >= 0.3 is 0 Å². The van der Waals surface area contributed by atoms with Crippen molar-refractivity contribution in [1.82, 2.24) is 20.0 Å². The Bertz CT molecular complexity index is 685. The quantitative estimate of drug-likeness (QED) is 0.868. The molecule has 0 unspecified atom stereocenters. The third-order valence-corrected chi connectivity index (χ3v) is 4.77. The maximum absolute atomic E-state index is 12.9. The number of morpholine rings is 1. The van der Waals surface area contributed by atoms with Crippen LogP contribution in [0.1, 0.15) is 24.4 Å². The Morgan fingerprint density at radius 1 is 1.28 bits per heavy atom. The van der Waals surface area contributed by atoms with Crippen LogP contribution >= 0.6 is 0 Å². The summed E-state index contributed by atoms with van der Waals surface area (Å²) in [5.41, 5.74) is 1.04. The van der Waals surface area contributed by atoms with Crippen molar-refractivity contribution in [2.75, 3.05) is 19.7 Å². The summed E-state index contributed by atoms with van der Waals surface area (Å²) in [7, 11) is 0. The van der Waals surface area contributed by atoms with E-state index in [0.29, 0.717) is 19.2 Å². The van der Waals surface area contributed by atoms with Crippen molar-refractivity contribution >= 4 is 5.91 Å². The lowest BCUT2D eigenvalue weighted by Gasteiger charge is -2.37. The summed E-state index contributed by atoms with van der Waals surface area (Å²) in [4.78, 5) is 15.1. The Balaban J connectivity index is 1.50. The summed E-state index contributed by atoms with van der Waals surface area (Å²) in [5.74, 6) is 0.105. The van der Waals surface area contributed by atoms with Crippen LogP contribution < -0.4 is 5.32 Å². The fourth-order valence-corrected chi connectivity index (χ4v) is 3.38. The standard InChI is InChI=1S/C19H24N4O2/c24-19(21-16-7-8-16)18(15-5-2-1-3-6-15)22-11-12-25-17(13-22)14-23-10-4-9-20-23/h1-6,9-10,16-18H,7-8,11-14H2,(H,21,24)/t17-,18-/m0/s1. The van der Waals surface area contributed by atoms with Gasteiger partial charge in [0.05, 0.1) is 19.3 Å². The fraction of sp³-hybridized carbons (Fsp3) is 0.474. The van der Waals surface area contributed by atoms with Crippen molar-refractivity contribution in [3.63, 3.8) is 0 Å². The monoisotopic (exact) mass is 340 g/mol. The maximum Gasteiger partial charge on any atom is 0.242 e. The van der Waals surface area contributed by atoms with E-state index >= 15 is 0 Å². The van der Waals surface area contributed by atoms with Crippen LogP contribution in [0, 0.1) is 0 Å². The highest BCUT2D eigenvalue weighted by Crippen LogP contribution is 2.26. The van der Waals surface area contributed by atoms with Crippen molar-refractivity contribution in [2.45, 2.75) is 37.6 Å². The predicted molar refractivity (Wildman–Crippen MR) is 93.9 cm³/mol. The minimum Gasteiger partial charge on any atom is -0.374 e. The number of hydrogen-bond donors (Lipinski definition) is 1. The van der Waals surface area contributed by atoms with Crippen LogP contribution in [0.4, 0.5) is 0 Å². The van der Waals surface area contributed by atoms with E-state index in [-0.39, 0.29) is 18.1 Å². The van der Waals surface area contributed by atoms with Crippen LogP contribution in [0.25, 0.3) is 0 Å². The first-order valence-corrected chi connectivity index (χ1v) is 8.98. The number of carbonyl (C=O) groups excluding carboxylic acids is 1. The third-order valence-electron chi connectivity index (χ3n) is 4.77. The predicted octanol–water partition coefficient (Wildman–Crippen LogP) is 1.60. The van der Waals surface area contributed by atoms with Crippen LogP contribution in [0.15, 0.2) is 48.8 Å². The summed E-state index contributed by atoms with van der Waals surface area (Å²) < 4.78 is 7.79. The average Bonchev–Trinajstić information content (AvgIpc) is 3.29. The van der Waals surface area contributed by atoms with E-state index < -0.39 is 0 Å². The van der Waals surface area contributed by atoms with Crippen LogP contribution in [0.5, 0.6) is 0 Å². The first-order chi connectivity index (χ1) is 12.3. The molecule has 2 fully saturated rings. The number of rotatable bonds is 6. The van der Waals surface area contributed by atoms with Crippen molar-refractivity contribution in [3.05, 3.63) is 54.4 Å². The van der Waals surface area contributed by atoms with Crippen molar-refractivity contribution in [1.29, 1.82) is 0 Å². The van der Waals surface area contributed by atoms with Crippen molar-refractivity contribution < 1.29 is 9.53 Å². The highest BCUT2D eigenvalue weighted by atomic mass is 16.5. The van der Waals surface area contributed by atoms with Gasteiger partial charge < -0.3 is 10.1 Å². The van der Waals surface area contributed by atoms with Crippen LogP contribution in [-0.2, 0) is 16.1 Å². The molecule has 132 valence electrons. The molecule has 2 atom stereocenters. The van der Waals surface area contributed by atoms with Gasteiger partial charge in [0.1, 0.15) is 6.04 Å². The molecule has 0 radical (unpaired) electrons. The zero-order chi connectivity index (χ0) is 17.1. The molecule has 2 heterocycles. The van der Waals surface area contributed by atoms with Crippen LogP contribution in [0.3, 0.4) is 0 Å². The van der Waals surface area contributed by atoms with Crippen LogP contribution in [0.2, 0.25) is 0 Å². The van der Waals surface area contributed by atoms with E-state index in [1.165, 1.54) is 0 Å². The molecule has 1 aliphatic carbocycles. The van der Waals surface area contributed by atoms with E-state index in [0.717, 1.165) is 31.5 Å². The molecule has 6 heteroatoms. The molecule has 1 aromatic heterocycles. The van der Waals surface area contributed by atoms with Gasteiger partial charge in [-0.15, -0.1) is 0 Å².